The van der Waals surface area contributed by atoms with Gasteiger partial charge in [0.15, 0.2) is 0 Å². The number of hydrogen-bond acceptors (Lipinski definition) is 3. The normalized spacial score (nSPS) is 27.9. The lowest BCUT2D eigenvalue weighted by atomic mass is 9.85. The molecule has 0 N–H and O–H groups in total. The van der Waals surface area contributed by atoms with Gasteiger partial charge >= 0.3 is 4.87 Å². The molecule has 0 spiro atoms. The van der Waals surface area contributed by atoms with Crippen molar-refractivity contribution >= 4 is 17.1 Å². The van der Waals surface area contributed by atoms with E-state index in [0.29, 0.717) is 18.8 Å². The summed E-state index contributed by atoms with van der Waals surface area (Å²) in [4.78, 5) is 22.8. The molecule has 2 atom stereocenters. The maximum atomic E-state index is 11.4. The van der Waals surface area contributed by atoms with Gasteiger partial charge in [-0.15, -0.1) is 0 Å². The number of carbonyl (C=O) groups is 1. The third-order valence-corrected chi connectivity index (χ3v) is 3.60. The molecule has 2 rings (SSSR count). The Hall–Kier alpha value is -0.900. The van der Waals surface area contributed by atoms with Gasteiger partial charge in [-0.25, -0.2) is 0 Å². The highest BCUT2D eigenvalue weighted by Gasteiger charge is 2.28. The zero-order valence-electron chi connectivity index (χ0n) is 8.10. The second-order valence-corrected chi connectivity index (χ2v) is 4.76. The maximum Gasteiger partial charge on any atom is 0.307 e. The van der Waals surface area contributed by atoms with E-state index in [4.69, 9.17) is 0 Å². The molecule has 1 aromatic rings. The van der Waals surface area contributed by atoms with Crippen LogP contribution in [-0.2, 0) is 4.79 Å². The lowest BCUT2D eigenvalue weighted by Gasteiger charge is -2.28. The van der Waals surface area contributed by atoms with Crippen molar-refractivity contribution < 1.29 is 4.79 Å². The van der Waals surface area contributed by atoms with Crippen molar-refractivity contribution in [1.82, 2.24) is 4.57 Å². The van der Waals surface area contributed by atoms with Crippen LogP contribution in [0.4, 0.5) is 0 Å². The van der Waals surface area contributed by atoms with E-state index < -0.39 is 0 Å². The van der Waals surface area contributed by atoms with Crippen LogP contribution in [0.5, 0.6) is 0 Å². The molecule has 1 fully saturated rings. The molecular formula is C10H13NO2S. The van der Waals surface area contributed by atoms with Gasteiger partial charge in [-0.3, -0.25) is 9.59 Å². The zero-order chi connectivity index (χ0) is 10.1. The number of hydrogen-bond donors (Lipinski definition) is 0. The molecule has 1 saturated carbocycles. The number of aromatic nitrogens is 1. The molecule has 2 unspecified atom stereocenters. The van der Waals surface area contributed by atoms with Crippen molar-refractivity contribution in [1.29, 1.82) is 0 Å². The fraction of sp³-hybridized carbons (Fsp3) is 0.600. The fourth-order valence-electron chi connectivity index (χ4n) is 2.01. The van der Waals surface area contributed by atoms with E-state index in [1.54, 1.807) is 16.1 Å². The molecule has 1 aliphatic carbocycles. The van der Waals surface area contributed by atoms with E-state index in [0.717, 1.165) is 6.42 Å². The molecule has 0 aliphatic heterocycles. The summed E-state index contributed by atoms with van der Waals surface area (Å²) in [5, 5.41) is 1.79. The molecule has 0 saturated heterocycles. The Morgan fingerprint density at radius 3 is 2.93 bits per heavy atom. The molecule has 3 nitrogen and oxygen atoms in total. The number of nitrogens with zero attached hydrogens (tertiary/aromatic N) is 1. The minimum atomic E-state index is 0.0524. The molecule has 1 aliphatic rings. The summed E-state index contributed by atoms with van der Waals surface area (Å²) in [6.45, 7) is 2.11. The van der Waals surface area contributed by atoms with E-state index in [9.17, 15) is 9.59 Å². The van der Waals surface area contributed by atoms with Gasteiger partial charge in [-0.2, -0.15) is 0 Å². The molecule has 0 radical (unpaired) electrons. The summed E-state index contributed by atoms with van der Waals surface area (Å²) in [7, 11) is 0. The lowest BCUT2D eigenvalue weighted by Crippen LogP contribution is -2.30. The smallest absolute Gasteiger partial charge is 0.302 e. The summed E-state index contributed by atoms with van der Waals surface area (Å²) in [5.74, 6) is 0.714. The molecule has 0 aromatic carbocycles. The largest absolute Gasteiger partial charge is 0.307 e. The molecule has 1 heterocycles. The fourth-order valence-corrected chi connectivity index (χ4v) is 2.64. The predicted octanol–water partition coefficient (Wildman–Crippen LogP) is 1.84. The zero-order valence-corrected chi connectivity index (χ0v) is 8.92. The average molecular weight is 211 g/mol. The quantitative estimate of drug-likeness (QED) is 0.711. The first kappa shape index (κ1) is 9.65. The predicted molar refractivity (Wildman–Crippen MR) is 55.6 cm³/mol. The van der Waals surface area contributed by atoms with E-state index in [1.165, 1.54) is 11.3 Å². The van der Waals surface area contributed by atoms with Crippen LogP contribution in [0, 0.1) is 5.92 Å². The Labute approximate surface area is 86.4 Å². The Balaban J connectivity index is 2.28. The van der Waals surface area contributed by atoms with Crippen LogP contribution in [0.2, 0.25) is 0 Å². The van der Waals surface area contributed by atoms with Gasteiger partial charge < -0.3 is 4.57 Å². The summed E-state index contributed by atoms with van der Waals surface area (Å²) < 4.78 is 1.71. The lowest BCUT2D eigenvalue weighted by molar-refractivity contribution is -0.122. The van der Waals surface area contributed by atoms with Gasteiger partial charge in [0.2, 0.25) is 0 Å². The highest BCUT2D eigenvalue weighted by molar-refractivity contribution is 7.07. The van der Waals surface area contributed by atoms with Crippen LogP contribution in [0.25, 0.3) is 0 Å². The van der Waals surface area contributed by atoms with Crippen molar-refractivity contribution in [3.05, 3.63) is 21.2 Å². The Kier molecular flexibility index (Phi) is 2.54. The highest BCUT2D eigenvalue weighted by Crippen LogP contribution is 2.30. The molecule has 76 valence electrons. The van der Waals surface area contributed by atoms with Gasteiger partial charge in [-0.05, 0) is 12.3 Å². The maximum absolute atomic E-state index is 11.4. The summed E-state index contributed by atoms with van der Waals surface area (Å²) >= 11 is 1.20. The van der Waals surface area contributed by atoms with Crippen molar-refractivity contribution in [2.45, 2.75) is 32.2 Å². The number of rotatable bonds is 1. The third-order valence-electron chi connectivity index (χ3n) is 2.93. The van der Waals surface area contributed by atoms with Crippen LogP contribution in [0.15, 0.2) is 16.4 Å². The third kappa shape index (κ3) is 1.66. The average Bonchev–Trinajstić information content (AvgIpc) is 2.56. The molecule has 4 heteroatoms. The molecular weight excluding hydrogens is 198 g/mol. The van der Waals surface area contributed by atoms with Crippen LogP contribution < -0.4 is 4.87 Å². The standard InChI is InChI=1S/C10H13NO2S/c1-7-2-3-8(12)6-9(7)11-4-5-14-10(11)13/h4-5,7,9H,2-3,6H2,1H3. The second-order valence-electron chi connectivity index (χ2n) is 3.90. The highest BCUT2D eigenvalue weighted by atomic mass is 32.1. The Bertz CT molecular complexity index is 393. The van der Waals surface area contributed by atoms with Gasteiger partial charge in [0.1, 0.15) is 5.78 Å². The molecule has 14 heavy (non-hydrogen) atoms. The summed E-state index contributed by atoms with van der Waals surface area (Å²) in [6.07, 6.45) is 3.91. The van der Waals surface area contributed by atoms with E-state index >= 15 is 0 Å². The Morgan fingerprint density at radius 2 is 2.29 bits per heavy atom. The monoisotopic (exact) mass is 211 g/mol. The van der Waals surface area contributed by atoms with Crippen molar-refractivity contribution in [3.8, 4) is 0 Å². The van der Waals surface area contributed by atoms with Crippen molar-refractivity contribution in [3.63, 3.8) is 0 Å². The molecule has 1 aromatic heterocycles. The number of Topliss-reactive ketones (excluding diaryl/α,β-unsaturated/α-hetero) is 1. The number of carbonyl (C=O) groups excluding carboxylic acids is 1. The van der Waals surface area contributed by atoms with Crippen LogP contribution in [-0.4, -0.2) is 10.4 Å². The number of thiazole rings is 1. The SMILES string of the molecule is CC1CCC(=O)CC1n1ccsc1=O. The first-order valence-electron chi connectivity index (χ1n) is 4.86. The van der Waals surface area contributed by atoms with Crippen LogP contribution >= 0.6 is 11.3 Å². The number of ketones is 1. The van der Waals surface area contributed by atoms with Gasteiger partial charge in [0.05, 0.1) is 0 Å². The van der Waals surface area contributed by atoms with E-state index in [-0.39, 0.29) is 16.7 Å². The van der Waals surface area contributed by atoms with Crippen LogP contribution in [0.1, 0.15) is 32.2 Å². The topological polar surface area (TPSA) is 39.1 Å². The summed E-state index contributed by atoms with van der Waals surface area (Å²) in [5.41, 5.74) is 0. The summed E-state index contributed by atoms with van der Waals surface area (Å²) in [6, 6.07) is 0.0926. The minimum absolute atomic E-state index is 0.0524. The van der Waals surface area contributed by atoms with E-state index in [1.807, 2.05) is 0 Å². The first-order valence-corrected chi connectivity index (χ1v) is 5.74. The molecule has 0 bridgehead atoms. The van der Waals surface area contributed by atoms with Crippen LogP contribution in [0.3, 0.4) is 0 Å². The van der Waals surface area contributed by atoms with Crippen molar-refractivity contribution in [2.75, 3.05) is 0 Å². The van der Waals surface area contributed by atoms with E-state index in [2.05, 4.69) is 6.92 Å². The Morgan fingerprint density at radius 1 is 1.50 bits per heavy atom. The second kappa shape index (κ2) is 3.69. The minimum Gasteiger partial charge on any atom is -0.302 e. The van der Waals surface area contributed by atoms with Gasteiger partial charge in [0, 0.05) is 30.5 Å². The van der Waals surface area contributed by atoms with Gasteiger partial charge in [0.25, 0.3) is 0 Å². The van der Waals surface area contributed by atoms with Gasteiger partial charge in [-0.1, -0.05) is 18.3 Å². The van der Waals surface area contributed by atoms with Crippen molar-refractivity contribution in [2.24, 2.45) is 5.92 Å². The molecule has 0 amide bonds. The first-order chi connectivity index (χ1) is 6.68.